The second-order valence-corrected chi connectivity index (χ2v) is 1.79. The summed E-state index contributed by atoms with van der Waals surface area (Å²) in [5.74, 6) is 0. The van der Waals surface area contributed by atoms with Gasteiger partial charge in [0.2, 0.25) is 0 Å². The Morgan fingerprint density at radius 3 is 2.25 bits per heavy atom. The summed E-state index contributed by atoms with van der Waals surface area (Å²) < 4.78 is 4.73. The van der Waals surface area contributed by atoms with Gasteiger partial charge in [-0.1, -0.05) is 0 Å². The van der Waals surface area contributed by atoms with Crippen LogP contribution < -0.4 is 0 Å². The van der Waals surface area contributed by atoms with E-state index in [0.717, 1.165) is 6.61 Å². The van der Waals surface area contributed by atoms with Gasteiger partial charge in [0.15, 0.2) is 0 Å². The molecule has 0 fully saturated rings. The number of rotatable bonds is 1. The minimum atomic E-state index is 0.613. The third-order valence-corrected chi connectivity index (χ3v) is 1.50. The fraction of sp³-hybridized carbons (Fsp3) is 1.00. The van der Waals surface area contributed by atoms with E-state index in [1.165, 1.54) is 0 Å². The molecule has 0 unspecified atom stereocenters. The van der Waals surface area contributed by atoms with E-state index < -0.39 is 0 Å². The van der Waals surface area contributed by atoms with Gasteiger partial charge in [-0.05, 0) is 0 Å². The molecule has 24 valence electrons. The Kier molecular flexibility index (Phi) is 4.13. The first-order valence-electron chi connectivity index (χ1n) is 1.40. The molecule has 0 radical (unpaired) electrons. The summed E-state index contributed by atoms with van der Waals surface area (Å²) in [5.41, 5.74) is 0. The Morgan fingerprint density at radius 2 is 2.25 bits per heavy atom. The van der Waals surface area contributed by atoms with Crippen LogP contribution in [0.2, 0.25) is 0 Å². The van der Waals surface area contributed by atoms with Crippen LogP contribution in [0.4, 0.5) is 0 Å². The topological polar surface area (TPSA) is 9.23 Å². The van der Waals surface area contributed by atoms with E-state index in [0.29, 0.717) is 19.0 Å². The van der Waals surface area contributed by atoms with Crippen LogP contribution in [0.3, 0.4) is 0 Å². The quantitative estimate of drug-likeness (QED) is 0.423. The zero-order chi connectivity index (χ0) is 3.41. The van der Waals surface area contributed by atoms with Crippen LogP contribution in [0.1, 0.15) is 6.92 Å². The van der Waals surface area contributed by atoms with Gasteiger partial charge in [0.25, 0.3) is 0 Å². The predicted molar refractivity (Wildman–Crippen MR) is 20.2 cm³/mol. The van der Waals surface area contributed by atoms with E-state index in [2.05, 4.69) is 0 Å². The van der Waals surface area contributed by atoms with Crippen LogP contribution in [0.15, 0.2) is 0 Å². The summed E-state index contributed by atoms with van der Waals surface area (Å²) in [7, 11) is 0. The summed E-state index contributed by atoms with van der Waals surface area (Å²) in [6, 6.07) is 0. The third kappa shape index (κ3) is 2.60. The molecule has 1 nitrogen and oxygen atoms in total. The first-order chi connectivity index (χ1) is 1.91. The second kappa shape index (κ2) is 3.60. The SMILES string of the molecule is CC[O][GaH2]. The first-order valence-corrected chi connectivity index (χ1v) is 3.12. The van der Waals surface area contributed by atoms with Crippen molar-refractivity contribution in [3.63, 3.8) is 0 Å². The van der Waals surface area contributed by atoms with Gasteiger partial charge in [0.05, 0.1) is 0 Å². The zero-order valence-electron chi connectivity index (χ0n) is 3.12. The Morgan fingerprint density at radius 1 is 2.00 bits per heavy atom. The predicted octanol–water partition coefficient (Wildman–Crippen LogP) is -0.429. The molecule has 0 aliphatic heterocycles. The fourth-order valence-electron chi connectivity index (χ4n) is 0. The zero-order valence-corrected chi connectivity index (χ0v) is 7.31. The van der Waals surface area contributed by atoms with Crippen LogP contribution >= 0.6 is 0 Å². The van der Waals surface area contributed by atoms with Crippen LogP contribution in [0, 0.1) is 0 Å². The van der Waals surface area contributed by atoms with Gasteiger partial charge in [-0.25, -0.2) is 0 Å². The van der Waals surface area contributed by atoms with Crippen molar-refractivity contribution in [2.45, 2.75) is 6.92 Å². The van der Waals surface area contributed by atoms with Crippen LogP contribution in [-0.4, -0.2) is 25.6 Å². The van der Waals surface area contributed by atoms with E-state index in [1.807, 2.05) is 6.92 Å². The van der Waals surface area contributed by atoms with Crippen molar-refractivity contribution in [2.75, 3.05) is 6.61 Å². The summed E-state index contributed by atoms with van der Waals surface area (Å²) in [4.78, 5) is 0. The van der Waals surface area contributed by atoms with Crippen molar-refractivity contribution in [1.82, 2.24) is 0 Å². The standard InChI is InChI=1S/C2H5O.Ga.2H/c1-2-3;;;/h2H2,1H3;;;/q-1;+1;;. The average molecular weight is 117 g/mol. The average Bonchev–Trinajstić information content (AvgIpc) is 1.37. The van der Waals surface area contributed by atoms with E-state index in [4.69, 9.17) is 3.53 Å². The second-order valence-electron chi connectivity index (χ2n) is 0.577. The molecule has 0 N–H and O–H groups in total. The van der Waals surface area contributed by atoms with Crippen molar-refractivity contribution in [3.05, 3.63) is 0 Å². The molecule has 0 aromatic carbocycles. The molecule has 0 bridgehead atoms. The minimum absolute atomic E-state index is 0.613. The van der Waals surface area contributed by atoms with Gasteiger partial charge in [-0.15, -0.1) is 0 Å². The Balaban J connectivity index is 1.97. The molecule has 2 heteroatoms. The first kappa shape index (κ1) is 4.60. The Hall–Kier alpha value is 0.596. The van der Waals surface area contributed by atoms with Crippen molar-refractivity contribution < 1.29 is 3.53 Å². The fourth-order valence-corrected chi connectivity index (χ4v) is 0. The molecule has 0 aliphatic rings. The molecule has 0 spiro atoms. The van der Waals surface area contributed by atoms with Gasteiger partial charge in [0.1, 0.15) is 0 Å². The van der Waals surface area contributed by atoms with Crippen molar-refractivity contribution in [2.24, 2.45) is 0 Å². The molecular weight excluding hydrogens is 110 g/mol. The van der Waals surface area contributed by atoms with Gasteiger partial charge in [-0.3, -0.25) is 0 Å². The van der Waals surface area contributed by atoms with Crippen molar-refractivity contribution >= 4 is 19.0 Å². The molecule has 0 aromatic heterocycles. The third-order valence-electron chi connectivity index (χ3n) is 0.289. The molecule has 0 saturated carbocycles. The van der Waals surface area contributed by atoms with Gasteiger partial charge in [0, 0.05) is 0 Å². The maximum atomic E-state index is 4.73. The number of hydrogen-bond donors (Lipinski definition) is 0. The van der Waals surface area contributed by atoms with Crippen LogP contribution in [0.5, 0.6) is 0 Å². The molecule has 0 aliphatic carbocycles. The van der Waals surface area contributed by atoms with E-state index >= 15 is 0 Å². The summed E-state index contributed by atoms with van der Waals surface area (Å²) >= 11 is 0.613. The summed E-state index contributed by atoms with van der Waals surface area (Å²) in [6.45, 7) is 2.91. The molecule has 0 saturated heterocycles. The Bertz CT molecular complexity index is 8.00. The summed E-state index contributed by atoms with van der Waals surface area (Å²) in [5, 5.41) is 0. The van der Waals surface area contributed by atoms with E-state index in [1.54, 1.807) is 0 Å². The van der Waals surface area contributed by atoms with Crippen molar-refractivity contribution in [1.29, 1.82) is 0 Å². The van der Waals surface area contributed by atoms with Crippen molar-refractivity contribution in [3.8, 4) is 0 Å². The Labute approximate surface area is 36.7 Å². The molecule has 0 aromatic rings. The molecule has 0 rings (SSSR count). The van der Waals surface area contributed by atoms with E-state index in [-0.39, 0.29) is 0 Å². The molecule has 0 atom stereocenters. The summed E-state index contributed by atoms with van der Waals surface area (Å²) in [6.07, 6.45) is 0. The van der Waals surface area contributed by atoms with E-state index in [9.17, 15) is 0 Å². The van der Waals surface area contributed by atoms with Crippen LogP contribution in [0.25, 0.3) is 0 Å². The normalized spacial score (nSPS) is 7.25. The molecule has 0 heterocycles. The monoisotopic (exact) mass is 116 g/mol. The molecule has 4 heavy (non-hydrogen) atoms. The van der Waals surface area contributed by atoms with Gasteiger partial charge in [-0.2, -0.15) is 0 Å². The van der Waals surface area contributed by atoms with Gasteiger partial charge >= 0.3 is 36.0 Å². The number of hydrogen-bond acceptors (Lipinski definition) is 1. The molecular formula is C2H7GaO. The van der Waals surface area contributed by atoms with Crippen LogP contribution in [-0.2, 0) is 3.53 Å². The maximum absolute atomic E-state index is 4.73. The molecule has 0 amide bonds. The van der Waals surface area contributed by atoms with Gasteiger partial charge < -0.3 is 0 Å².